The zero-order chi connectivity index (χ0) is 16.8. The third kappa shape index (κ3) is 6.94. The Morgan fingerprint density at radius 3 is 2.27 bits per heavy atom. The number of amides is 2. The van der Waals surface area contributed by atoms with E-state index in [1.807, 2.05) is 52.0 Å². The smallest absolute Gasteiger partial charge is 0.240 e. The van der Waals surface area contributed by atoms with Gasteiger partial charge in [-0.1, -0.05) is 23.7 Å². The molecule has 0 bridgehead atoms. The van der Waals surface area contributed by atoms with E-state index in [9.17, 15) is 9.59 Å². The van der Waals surface area contributed by atoms with E-state index in [1.54, 1.807) is 4.90 Å². The molecule has 0 unspecified atom stereocenters. The minimum absolute atomic E-state index is 0.0125. The number of likely N-dealkylation sites (N-methyl/N-ethyl adjacent to an activating group) is 1. The zero-order valence-corrected chi connectivity index (χ0v) is 14.5. The fourth-order valence-electron chi connectivity index (χ4n) is 2.07. The van der Waals surface area contributed by atoms with Crippen LogP contribution in [0.1, 0.15) is 39.7 Å². The Labute approximate surface area is 137 Å². The standard InChI is InChI=1S/C17H25ClN2O2/c1-5-20(12-15(21)19-17(2,3)4)16(22)11-8-13-6-9-14(18)10-7-13/h6-7,9-10H,5,8,11-12H2,1-4H3,(H,19,21). The van der Waals surface area contributed by atoms with E-state index in [0.717, 1.165) is 5.56 Å². The van der Waals surface area contributed by atoms with E-state index in [2.05, 4.69) is 5.32 Å². The lowest BCUT2D eigenvalue weighted by molar-refractivity contribution is -0.136. The number of halogens is 1. The van der Waals surface area contributed by atoms with Crippen molar-refractivity contribution >= 4 is 23.4 Å². The number of aryl methyl sites for hydroxylation is 1. The Kier molecular flexibility index (Phi) is 6.88. The number of nitrogens with zero attached hydrogens (tertiary/aromatic N) is 1. The van der Waals surface area contributed by atoms with E-state index in [1.165, 1.54) is 0 Å². The Hall–Kier alpha value is -1.55. The van der Waals surface area contributed by atoms with Gasteiger partial charge in [-0.25, -0.2) is 0 Å². The summed E-state index contributed by atoms with van der Waals surface area (Å²) in [5.41, 5.74) is 0.774. The van der Waals surface area contributed by atoms with E-state index in [4.69, 9.17) is 11.6 Å². The molecule has 5 heteroatoms. The normalized spacial score (nSPS) is 11.1. The van der Waals surface area contributed by atoms with Crippen LogP contribution in [0.3, 0.4) is 0 Å². The Morgan fingerprint density at radius 2 is 1.77 bits per heavy atom. The third-order valence-corrected chi connectivity index (χ3v) is 3.38. The van der Waals surface area contributed by atoms with Crippen molar-refractivity contribution in [3.63, 3.8) is 0 Å². The number of carbonyl (C=O) groups excluding carboxylic acids is 2. The molecule has 0 spiro atoms. The van der Waals surface area contributed by atoms with Crippen LogP contribution in [0, 0.1) is 0 Å². The molecule has 122 valence electrons. The summed E-state index contributed by atoms with van der Waals surface area (Å²) in [5, 5.41) is 3.56. The highest BCUT2D eigenvalue weighted by molar-refractivity contribution is 6.30. The average Bonchev–Trinajstić information content (AvgIpc) is 2.42. The fraction of sp³-hybridized carbons (Fsp3) is 0.529. The molecule has 0 aliphatic carbocycles. The number of hydrogen-bond donors (Lipinski definition) is 1. The van der Waals surface area contributed by atoms with Crippen LogP contribution >= 0.6 is 11.6 Å². The molecular weight excluding hydrogens is 300 g/mol. The quantitative estimate of drug-likeness (QED) is 0.874. The second kappa shape index (κ2) is 8.18. The van der Waals surface area contributed by atoms with Gasteiger partial charge in [0.05, 0.1) is 6.54 Å². The number of carbonyl (C=O) groups is 2. The molecule has 1 aromatic carbocycles. The molecule has 0 aliphatic rings. The van der Waals surface area contributed by atoms with Crippen LogP contribution in [-0.4, -0.2) is 35.3 Å². The van der Waals surface area contributed by atoms with Crippen molar-refractivity contribution in [3.05, 3.63) is 34.9 Å². The van der Waals surface area contributed by atoms with Crippen molar-refractivity contribution in [3.8, 4) is 0 Å². The van der Waals surface area contributed by atoms with Crippen LogP contribution in [0.4, 0.5) is 0 Å². The van der Waals surface area contributed by atoms with Gasteiger partial charge in [0.1, 0.15) is 0 Å². The summed E-state index contributed by atoms with van der Waals surface area (Å²) < 4.78 is 0. The molecule has 0 radical (unpaired) electrons. The van der Waals surface area contributed by atoms with E-state index >= 15 is 0 Å². The molecule has 0 fully saturated rings. The molecule has 2 amide bonds. The summed E-state index contributed by atoms with van der Waals surface area (Å²) in [5.74, 6) is -0.143. The number of hydrogen-bond acceptors (Lipinski definition) is 2. The first-order valence-electron chi connectivity index (χ1n) is 7.54. The van der Waals surface area contributed by atoms with Crippen molar-refractivity contribution in [2.24, 2.45) is 0 Å². The van der Waals surface area contributed by atoms with Gasteiger partial charge in [0.25, 0.3) is 0 Å². The highest BCUT2D eigenvalue weighted by Crippen LogP contribution is 2.11. The molecule has 22 heavy (non-hydrogen) atoms. The molecule has 1 aromatic rings. The maximum absolute atomic E-state index is 12.2. The fourth-order valence-corrected chi connectivity index (χ4v) is 2.19. The molecular formula is C17H25ClN2O2. The largest absolute Gasteiger partial charge is 0.350 e. The zero-order valence-electron chi connectivity index (χ0n) is 13.8. The van der Waals surface area contributed by atoms with Crippen molar-refractivity contribution in [1.82, 2.24) is 10.2 Å². The molecule has 4 nitrogen and oxygen atoms in total. The SMILES string of the molecule is CCN(CC(=O)NC(C)(C)C)C(=O)CCc1ccc(Cl)cc1. The van der Waals surface area contributed by atoms with Gasteiger partial charge in [-0.3, -0.25) is 9.59 Å². The lowest BCUT2D eigenvalue weighted by atomic mass is 10.1. The molecule has 0 heterocycles. The van der Waals surface area contributed by atoms with Gasteiger partial charge >= 0.3 is 0 Å². The summed E-state index contributed by atoms with van der Waals surface area (Å²) in [6.07, 6.45) is 1.03. The van der Waals surface area contributed by atoms with E-state index in [-0.39, 0.29) is 23.9 Å². The first-order chi connectivity index (χ1) is 10.2. The molecule has 0 atom stereocenters. The van der Waals surface area contributed by atoms with Crippen molar-refractivity contribution in [1.29, 1.82) is 0 Å². The van der Waals surface area contributed by atoms with Crippen LogP contribution < -0.4 is 5.32 Å². The highest BCUT2D eigenvalue weighted by atomic mass is 35.5. The predicted octanol–water partition coefficient (Wildman–Crippen LogP) is 3.04. The van der Waals surface area contributed by atoms with E-state index in [0.29, 0.717) is 24.4 Å². The maximum Gasteiger partial charge on any atom is 0.240 e. The second-order valence-corrected chi connectivity index (χ2v) is 6.77. The average molecular weight is 325 g/mol. The topological polar surface area (TPSA) is 49.4 Å². The molecule has 1 N–H and O–H groups in total. The molecule has 0 saturated heterocycles. The van der Waals surface area contributed by atoms with Gasteiger partial charge in [0.15, 0.2) is 0 Å². The van der Waals surface area contributed by atoms with Crippen LogP contribution in [0.5, 0.6) is 0 Å². The molecule has 1 rings (SSSR count). The van der Waals surface area contributed by atoms with Crippen molar-refractivity contribution in [2.75, 3.05) is 13.1 Å². The van der Waals surface area contributed by atoms with Crippen molar-refractivity contribution < 1.29 is 9.59 Å². The Balaban J connectivity index is 2.50. The monoisotopic (exact) mass is 324 g/mol. The summed E-state index contributed by atoms with van der Waals surface area (Å²) in [4.78, 5) is 25.7. The van der Waals surface area contributed by atoms with Crippen LogP contribution in [0.25, 0.3) is 0 Å². The second-order valence-electron chi connectivity index (χ2n) is 6.33. The minimum Gasteiger partial charge on any atom is -0.350 e. The van der Waals surface area contributed by atoms with Gasteiger partial charge in [-0.15, -0.1) is 0 Å². The summed E-state index contributed by atoms with van der Waals surface area (Å²) in [6, 6.07) is 7.46. The van der Waals surface area contributed by atoms with Gasteiger partial charge < -0.3 is 10.2 Å². The summed E-state index contributed by atoms with van der Waals surface area (Å²) in [7, 11) is 0. The number of rotatable bonds is 6. The third-order valence-electron chi connectivity index (χ3n) is 3.12. The van der Waals surface area contributed by atoms with Gasteiger partial charge in [-0.2, -0.15) is 0 Å². The number of nitrogens with one attached hydrogen (secondary N) is 1. The molecule has 0 aliphatic heterocycles. The minimum atomic E-state index is -0.289. The molecule has 0 aromatic heterocycles. The lowest BCUT2D eigenvalue weighted by Gasteiger charge is -2.25. The molecule has 0 saturated carbocycles. The summed E-state index contributed by atoms with van der Waals surface area (Å²) in [6.45, 7) is 8.27. The van der Waals surface area contributed by atoms with Crippen LogP contribution in [0.2, 0.25) is 5.02 Å². The first kappa shape index (κ1) is 18.5. The lowest BCUT2D eigenvalue weighted by Crippen LogP contribution is -2.47. The van der Waals surface area contributed by atoms with Crippen LogP contribution in [-0.2, 0) is 16.0 Å². The predicted molar refractivity (Wildman–Crippen MR) is 89.9 cm³/mol. The van der Waals surface area contributed by atoms with Crippen LogP contribution in [0.15, 0.2) is 24.3 Å². The first-order valence-corrected chi connectivity index (χ1v) is 7.92. The Bertz CT molecular complexity index is 506. The van der Waals surface area contributed by atoms with Gasteiger partial charge in [0, 0.05) is 23.5 Å². The van der Waals surface area contributed by atoms with E-state index < -0.39 is 0 Å². The van der Waals surface area contributed by atoms with Crippen molar-refractivity contribution in [2.45, 2.75) is 46.1 Å². The van der Waals surface area contributed by atoms with Gasteiger partial charge in [-0.05, 0) is 51.8 Å². The highest BCUT2D eigenvalue weighted by Gasteiger charge is 2.19. The maximum atomic E-state index is 12.2. The van der Waals surface area contributed by atoms with Gasteiger partial charge in [0.2, 0.25) is 11.8 Å². The summed E-state index contributed by atoms with van der Waals surface area (Å²) >= 11 is 5.84. The number of benzene rings is 1. The Morgan fingerprint density at radius 1 is 1.18 bits per heavy atom.